The summed E-state index contributed by atoms with van der Waals surface area (Å²) in [7, 11) is 0. The Morgan fingerprint density at radius 3 is 2.89 bits per heavy atom. The number of nitrogens with zero attached hydrogens (tertiary/aromatic N) is 1. The van der Waals surface area contributed by atoms with Crippen LogP contribution < -0.4 is 5.32 Å². The van der Waals surface area contributed by atoms with Crippen molar-refractivity contribution in [3.63, 3.8) is 0 Å². The SMILES string of the molecule is CC(C)(CCC#N)CNCC1Cc2ccccc21. The maximum absolute atomic E-state index is 8.63. The van der Waals surface area contributed by atoms with Crippen molar-refractivity contribution < 1.29 is 0 Å². The molecule has 1 aromatic rings. The number of benzene rings is 1. The predicted octanol–water partition coefficient (Wildman–Crippen LogP) is 3.25. The zero-order valence-corrected chi connectivity index (χ0v) is 11.4. The van der Waals surface area contributed by atoms with Gasteiger partial charge in [0.1, 0.15) is 0 Å². The van der Waals surface area contributed by atoms with Gasteiger partial charge in [-0.05, 0) is 29.4 Å². The summed E-state index contributed by atoms with van der Waals surface area (Å²) in [5.41, 5.74) is 3.24. The number of fused-ring (bicyclic) bond motifs is 1. The second-order valence-electron chi connectivity index (χ2n) is 6.05. The lowest BCUT2D eigenvalue weighted by Crippen LogP contribution is -2.35. The first-order valence-corrected chi connectivity index (χ1v) is 6.78. The van der Waals surface area contributed by atoms with E-state index in [1.807, 2.05) is 0 Å². The highest BCUT2D eigenvalue weighted by Gasteiger charge is 2.25. The van der Waals surface area contributed by atoms with Gasteiger partial charge in [0, 0.05) is 25.4 Å². The van der Waals surface area contributed by atoms with Crippen molar-refractivity contribution >= 4 is 0 Å². The third-order valence-electron chi connectivity index (χ3n) is 3.87. The quantitative estimate of drug-likeness (QED) is 0.831. The molecule has 1 atom stereocenters. The minimum Gasteiger partial charge on any atom is -0.316 e. The number of rotatable bonds is 6. The van der Waals surface area contributed by atoms with Crippen molar-refractivity contribution in [2.24, 2.45) is 5.41 Å². The van der Waals surface area contributed by atoms with Gasteiger partial charge in [0.25, 0.3) is 0 Å². The molecule has 1 aliphatic rings. The van der Waals surface area contributed by atoms with E-state index in [-0.39, 0.29) is 5.41 Å². The van der Waals surface area contributed by atoms with E-state index >= 15 is 0 Å². The fourth-order valence-electron chi connectivity index (χ4n) is 2.61. The Bertz CT molecular complexity index is 443. The lowest BCUT2D eigenvalue weighted by Gasteiger charge is -2.32. The summed E-state index contributed by atoms with van der Waals surface area (Å²) in [6.07, 6.45) is 2.83. The number of hydrogen-bond acceptors (Lipinski definition) is 2. The molecule has 0 spiro atoms. The third-order valence-corrected chi connectivity index (χ3v) is 3.87. The smallest absolute Gasteiger partial charge is 0.0621 e. The first-order valence-electron chi connectivity index (χ1n) is 6.78. The summed E-state index contributed by atoms with van der Waals surface area (Å²) < 4.78 is 0. The highest BCUT2D eigenvalue weighted by molar-refractivity contribution is 5.40. The molecular formula is C16H22N2. The minimum atomic E-state index is 0.221. The van der Waals surface area contributed by atoms with Gasteiger partial charge in [0.15, 0.2) is 0 Å². The van der Waals surface area contributed by atoms with E-state index in [0.29, 0.717) is 12.3 Å². The Labute approximate surface area is 110 Å². The van der Waals surface area contributed by atoms with Crippen LogP contribution in [0.5, 0.6) is 0 Å². The molecule has 0 bridgehead atoms. The molecule has 0 saturated carbocycles. The minimum absolute atomic E-state index is 0.221. The highest BCUT2D eigenvalue weighted by Crippen LogP contribution is 2.34. The van der Waals surface area contributed by atoms with Crippen LogP contribution in [0.1, 0.15) is 43.7 Å². The lowest BCUT2D eigenvalue weighted by atomic mass is 9.77. The molecule has 18 heavy (non-hydrogen) atoms. The van der Waals surface area contributed by atoms with Gasteiger partial charge >= 0.3 is 0 Å². The van der Waals surface area contributed by atoms with Gasteiger partial charge in [0.05, 0.1) is 6.07 Å². The van der Waals surface area contributed by atoms with Gasteiger partial charge in [-0.25, -0.2) is 0 Å². The summed E-state index contributed by atoms with van der Waals surface area (Å²) in [5, 5.41) is 12.2. The molecule has 0 radical (unpaired) electrons. The highest BCUT2D eigenvalue weighted by atomic mass is 14.9. The molecule has 1 aliphatic carbocycles. The largest absolute Gasteiger partial charge is 0.316 e. The molecule has 1 unspecified atom stereocenters. The van der Waals surface area contributed by atoms with Crippen LogP contribution in [0.25, 0.3) is 0 Å². The Morgan fingerprint density at radius 2 is 2.17 bits per heavy atom. The van der Waals surface area contributed by atoms with Gasteiger partial charge in [-0.1, -0.05) is 38.1 Å². The van der Waals surface area contributed by atoms with E-state index in [1.54, 1.807) is 0 Å². The summed E-state index contributed by atoms with van der Waals surface area (Å²) in [6, 6.07) is 10.9. The van der Waals surface area contributed by atoms with Crippen LogP contribution in [0, 0.1) is 16.7 Å². The fraction of sp³-hybridized carbons (Fsp3) is 0.562. The van der Waals surface area contributed by atoms with Gasteiger partial charge < -0.3 is 5.32 Å². The second-order valence-corrected chi connectivity index (χ2v) is 6.05. The molecular weight excluding hydrogens is 220 g/mol. The Morgan fingerprint density at radius 1 is 1.39 bits per heavy atom. The molecule has 0 saturated heterocycles. The maximum atomic E-state index is 8.63. The van der Waals surface area contributed by atoms with E-state index in [1.165, 1.54) is 17.5 Å². The molecule has 2 nitrogen and oxygen atoms in total. The monoisotopic (exact) mass is 242 g/mol. The molecule has 1 N–H and O–H groups in total. The summed E-state index contributed by atoms with van der Waals surface area (Å²) >= 11 is 0. The van der Waals surface area contributed by atoms with Gasteiger partial charge in [-0.3, -0.25) is 0 Å². The molecule has 0 fully saturated rings. The Balaban J connectivity index is 1.73. The predicted molar refractivity (Wildman–Crippen MR) is 74.4 cm³/mol. The van der Waals surface area contributed by atoms with Crippen molar-refractivity contribution in [1.82, 2.24) is 5.32 Å². The van der Waals surface area contributed by atoms with Crippen molar-refractivity contribution in [3.8, 4) is 6.07 Å². The van der Waals surface area contributed by atoms with Crippen molar-refractivity contribution in [2.75, 3.05) is 13.1 Å². The van der Waals surface area contributed by atoms with Crippen LogP contribution in [0.2, 0.25) is 0 Å². The summed E-state index contributed by atoms with van der Waals surface area (Å²) in [4.78, 5) is 0. The molecule has 2 rings (SSSR count). The van der Waals surface area contributed by atoms with Crippen molar-refractivity contribution in [2.45, 2.75) is 39.0 Å². The van der Waals surface area contributed by atoms with Gasteiger partial charge in [-0.2, -0.15) is 5.26 Å². The molecule has 0 amide bonds. The Hall–Kier alpha value is -1.33. The molecule has 1 aromatic carbocycles. The molecule has 0 heterocycles. The van der Waals surface area contributed by atoms with Crippen LogP contribution in [0.4, 0.5) is 0 Å². The van der Waals surface area contributed by atoms with E-state index in [0.717, 1.165) is 19.5 Å². The molecule has 96 valence electrons. The third kappa shape index (κ3) is 3.11. The standard InChI is InChI=1S/C16H22N2/c1-16(2,8-5-9-17)12-18-11-14-10-13-6-3-4-7-15(13)14/h3-4,6-7,14,18H,5,8,10-12H2,1-2H3. The summed E-state index contributed by atoms with van der Waals surface area (Å²) in [6.45, 7) is 6.51. The van der Waals surface area contributed by atoms with Crippen molar-refractivity contribution in [1.29, 1.82) is 5.26 Å². The normalized spacial score (nSPS) is 17.7. The fourth-order valence-corrected chi connectivity index (χ4v) is 2.61. The first-order chi connectivity index (χ1) is 8.62. The van der Waals surface area contributed by atoms with Crippen LogP contribution in [-0.2, 0) is 6.42 Å². The zero-order chi connectivity index (χ0) is 13.0. The van der Waals surface area contributed by atoms with E-state index in [2.05, 4.69) is 49.5 Å². The first kappa shape index (κ1) is 13.1. The zero-order valence-electron chi connectivity index (χ0n) is 11.4. The topological polar surface area (TPSA) is 35.8 Å². The lowest BCUT2D eigenvalue weighted by molar-refractivity contribution is 0.312. The van der Waals surface area contributed by atoms with Crippen LogP contribution in [0.15, 0.2) is 24.3 Å². The molecule has 2 heteroatoms. The number of hydrogen-bond donors (Lipinski definition) is 1. The van der Waals surface area contributed by atoms with Gasteiger partial charge in [0.2, 0.25) is 0 Å². The number of nitrogens with one attached hydrogen (secondary N) is 1. The maximum Gasteiger partial charge on any atom is 0.0621 e. The average molecular weight is 242 g/mol. The number of nitriles is 1. The van der Waals surface area contributed by atoms with E-state index < -0.39 is 0 Å². The summed E-state index contributed by atoms with van der Waals surface area (Å²) in [5.74, 6) is 0.688. The van der Waals surface area contributed by atoms with E-state index in [4.69, 9.17) is 5.26 Å². The molecule has 0 aliphatic heterocycles. The van der Waals surface area contributed by atoms with Crippen LogP contribution in [-0.4, -0.2) is 13.1 Å². The van der Waals surface area contributed by atoms with Crippen LogP contribution in [0.3, 0.4) is 0 Å². The average Bonchev–Trinajstić information content (AvgIpc) is 2.32. The Kier molecular flexibility index (Phi) is 4.04. The van der Waals surface area contributed by atoms with Crippen molar-refractivity contribution in [3.05, 3.63) is 35.4 Å². The second kappa shape index (κ2) is 5.54. The van der Waals surface area contributed by atoms with Crippen LogP contribution >= 0.6 is 0 Å². The van der Waals surface area contributed by atoms with E-state index in [9.17, 15) is 0 Å². The van der Waals surface area contributed by atoms with Gasteiger partial charge in [-0.15, -0.1) is 0 Å². The molecule has 0 aromatic heterocycles.